The zero-order chi connectivity index (χ0) is 17.5. The van der Waals surface area contributed by atoms with Crippen LogP contribution in [0.3, 0.4) is 0 Å². The molecule has 126 valence electrons. The predicted molar refractivity (Wildman–Crippen MR) is 92.3 cm³/mol. The van der Waals surface area contributed by atoms with E-state index >= 15 is 0 Å². The first-order valence-corrected chi connectivity index (χ1v) is 8.03. The van der Waals surface area contributed by atoms with Gasteiger partial charge in [-0.1, -0.05) is 48.0 Å². The second kappa shape index (κ2) is 8.29. The molecule has 2 aromatic carbocycles. The summed E-state index contributed by atoms with van der Waals surface area (Å²) in [4.78, 5) is 22.3. The first-order chi connectivity index (χ1) is 11.5. The minimum Gasteiger partial charge on any atom is -0.481 e. The quantitative estimate of drug-likeness (QED) is 0.608. The van der Waals surface area contributed by atoms with Gasteiger partial charge < -0.3 is 9.84 Å². The molecule has 0 spiro atoms. The third-order valence-electron chi connectivity index (χ3n) is 3.88. The van der Waals surface area contributed by atoms with Crippen molar-refractivity contribution in [3.8, 4) is 5.75 Å². The van der Waals surface area contributed by atoms with Crippen LogP contribution in [-0.2, 0) is 9.59 Å². The van der Waals surface area contributed by atoms with Crippen LogP contribution in [0.4, 0.5) is 0 Å². The van der Waals surface area contributed by atoms with Crippen LogP contribution in [0.25, 0.3) is 0 Å². The van der Waals surface area contributed by atoms with Crippen molar-refractivity contribution < 1.29 is 19.4 Å². The number of carboxylic acid groups (broad SMARTS) is 1. The number of aryl methyl sites for hydroxylation is 1. The van der Waals surface area contributed by atoms with Crippen molar-refractivity contribution >= 4 is 11.9 Å². The monoisotopic (exact) mass is 326 g/mol. The summed E-state index contributed by atoms with van der Waals surface area (Å²) < 4.78 is 5.38. The van der Waals surface area contributed by atoms with Crippen LogP contribution in [-0.4, -0.2) is 17.0 Å². The Hall–Kier alpha value is -2.62. The average Bonchev–Trinajstić information content (AvgIpc) is 2.54. The number of hydrogen-bond donors (Lipinski definition) is 1. The number of carboxylic acids is 1. The van der Waals surface area contributed by atoms with Crippen molar-refractivity contribution in [1.82, 2.24) is 0 Å². The Balaban J connectivity index is 2.40. The van der Waals surface area contributed by atoms with Gasteiger partial charge in [0.15, 0.2) is 0 Å². The van der Waals surface area contributed by atoms with E-state index in [9.17, 15) is 9.59 Å². The van der Waals surface area contributed by atoms with E-state index in [2.05, 4.69) is 0 Å². The smallest absolute Gasteiger partial charge is 0.308 e. The van der Waals surface area contributed by atoms with E-state index in [1.807, 2.05) is 49.4 Å². The average molecular weight is 326 g/mol. The van der Waals surface area contributed by atoms with E-state index in [0.29, 0.717) is 18.6 Å². The van der Waals surface area contributed by atoms with E-state index in [0.717, 1.165) is 16.7 Å². The fourth-order valence-electron chi connectivity index (χ4n) is 2.83. The molecule has 0 aliphatic carbocycles. The molecule has 0 fully saturated rings. The molecule has 0 heterocycles. The summed E-state index contributed by atoms with van der Waals surface area (Å²) in [5.41, 5.74) is 3.07. The highest BCUT2D eigenvalue weighted by Gasteiger charge is 2.20. The zero-order valence-corrected chi connectivity index (χ0v) is 14.0. The van der Waals surface area contributed by atoms with Gasteiger partial charge in [0.2, 0.25) is 0 Å². The molecule has 1 unspecified atom stereocenters. The Morgan fingerprint density at radius 2 is 1.83 bits per heavy atom. The molecule has 0 aliphatic heterocycles. The van der Waals surface area contributed by atoms with Gasteiger partial charge in [0.1, 0.15) is 5.75 Å². The Morgan fingerprint density at radius 3 is 2.46 bits per heavy atom. The summed E-state index contributed by atoms with van der Waals surface area (Å²) >= 11 is 0. The maximum atomic E-state index is 11.4. The highest BCUT2D eigenvalue weighted by Crippen LogP contribution is 2.36. The molecule has 2 rings (SSSR count). The fraction of sp³-hybridized carbons (Fsp3) is 0.300. The number of esters is 1. The minimum atomic E-state index is -0.800. The van der Waals surface area contributed by atoms with E-state index in [-0.39, 0.29) is 18.3 Å². The molecule has 0 bridgehead atoms. The number of carbonyl (C=O) groups is 2. The van der Waals surface area contributed by atoms with Crippen molar-refractivity contribution in [3.63, 3.8) is 0 Å². The summed E-state index contributed by atoms with van der Waals surface area (Å²) in [7, 11) is 0. The lowest BCUT2D eigenvalue weighted by Crippen LogP contribution is -2.09. The highest BCUT2D eigenvalue weighted by atomic mass is 16.5. The molecule has 0 aliphatic rings. The minimum absolute atomic E-state index is 0.0141. The van der Waals surface area contributed by atoms with Crippen molar-refractivity contribution in [2.24, 2.45) is 0 Å². The van der Waals surface area contributed by atoms with Crippen molar-refractivity contribution in [2.45, 2.75) is 39.0 Å². The Morgan fingerprint density at radius 1 is 1.12 bits per heavy atom. The van der Waals surface area contributed by atoms with Crippen molar-refractivity contribution in [2.75, 3.05) is 0 Å². The van der Waals surface area contributed by atoms with Crippen LogP contribution in [0.5, 0.6) is 5.75 Å². The summed E-state index contributed by atoms with van der Waals surface area (Å²) in [5, 5.41) is 8.92. The van der Waals surface area contributed by atoms with Gasteiger partial charge >= 0.3 is 11.9 Å². The summed E-state index contributed by atoms with van der Waals surface area (Å²) in [6, 6.07) is 15.6. The van der Waals surface area contributed by atoms with Crippen LogP contribution in [0, 0.1) is 6.92 Å². The molecule has 2 aromatic rings. The molecule has 1 atom stereocenters. The normalized spacial score (nSPS) is 11.8. The van der Waals surface area contributed by atoms with Gasteiger partial charge in [-0.15, -0.1) is 0 Å². The van der Waals surface area contributed by atoms with Gasteiger partial charge in [0.05, 0.1) is 0 Å². The van der Waals surface area contributed by atoms with Crippen LogP contribution in [0.2, 0.25) is 0 Å². The lowest BCUT2D eigenvalue weighted by atomic mass is 9.86. The number of benzene rings is 2. The van der Waals surface area contributed by atoms with E-state index in [1.54, 1.807) is 6.07 Å². The first kappa shape index (κ1) is 17.7. The topological polar surface area (TPSA) is 63.6 Å². The van der Waals surface area contributed by atoms with Crippen molar-refractivity contribution in [3.05, 3.63) is 65.2 Å². The van der Waals surface area contributed by atoms with Gasteiger partial charge in [-0.25, -0.2) is 0 Å². The lowest BCUT2D eigenvalue weighted by molar-refractivity contribution is -0.137. The number of ether oxygens (including phenoxy) is 1. The standard InChI is InChI=1S/C20H22O4/c1-14-11-12-19(24-15(2)21)18(13-14)17(9-6-10-20(22)23)16-7-4-3-5-8-16/h3-5,7-8,11-13,17H,6,9-10H2,1-2H3,(H,22,23). The molecular weight excluding hydrogens is 304 g/mol. The van der Waals surface area contributed by atoms with Crippen LogP contribution in [0.15, 0.2) is 48.5 Å². The third-order valence-corrected chi connectivity index (χ3v) is 3.88. The number of aliphatic carboxylic acids is 1. The molecule has 24 heavy (non-hydrogen) atoms. The SMILES string of the molecule is CC(=O)Oc1ccc(C)cc1C(CCCC(=O)O)c1ccccc1. The molecule has 0 saturated carbocycles. The molecule has 4 nitrogen and oxygen atoms in total. The maximum Gasteiger partial charge on any atom is 0.308 e. The number of hydrogen-bond acceptors (Lipinski definition) is 3. The van der Waals surface area contributed by atoms with Gasteiger partial charge in [-0.3, -0.25) is 9.59 Å². The van der Waals surface area contributed by atoms with E-state index in [1.165, 1.54) is 6.92 Å². The second-order valence-corrected chi connectivity index (χ2v) is 5.88. The molecule has 1 N–H and O–H groups in total. The van der Waals surface area contributed by atoms with Gasteiger partial charge in [0, 0.05) is 24.8 Å². The molecular formula is C20H22O4. The van der Waals surface area contributed by atoms with E-state index < -0.39 is 5.97 Å². The number of rotatable bonds is 7. The molecule has 0 amide bonds. The van der Waals surface area contributed by atoms with Gasteiger partial charge in [-0.2, -0.15) is 0 Å². The fourth-order valence-corrected chi connectivity index (χ4v) is 2.83. The second-order valence-electron chi connectivity index (χ2n) is 5.88. The third kappa shape index (κ3) is 4.95. The van der Waals surface area contributed by atoms with Gasteiger partial charge in [-0.05, 0) is 31.4 Å². The first-order valence-electron chi connectivity index (χ1n) is 8.03. The van der Waals surface area contributed by atoms with Gasteiger partial charge in [0.25, 0.3) is 0 Å². The zero-order valence-electron chi connectivity index (χ0n) is 14.0. The summed E-state index contributed by atoms with van der Waals surface area (Å²) in [6.07, 6.45) is 1.36. The van der Waals surface area contributed by atoms with Crippen LogP contribution < -0.4 is 4.74 Å². The Labute approximate surface area is 142 Å². The predicted octanol–water partition coefficient (Wildman–Crippen LogP) is 4.31. The molecule has 0 radical (unpaired) electrons. The van der Waals surface area contributed by atoms with Crippen molar-refractivity contribution in [1.29, 1.82) is 0 Å². The Bertz CT molecular complexity index is 707. The van der Waals surface area contributed by atoms with Crippen LogP contribution >= 0.6 is 0 Å². The number of carbonyl (C=O) groups excluding carboxylic acids is 1. The largest absolute Gasteiger partial charge is 0.481 e. The molecule has 0 aromatic heterocycles. The Kier molecular flexibility index (Phi) is 6.13. The molecule has 4 heteroatoms. The summed E-state index contributed by atoms with van der Waals surface area (Å²) in [6.45, 7) is 3.37. The lowest BCUT2D eigenvalue weighted by Gasteiger charge is -2.21. The van der Waals surface area contributed by atoms with Crippen LogP contribution in [0.1, 0.15) is 48.8 Å². The summed E-state index contributed by atoms with van der Waals surface area (Å²) in [5.74, 6) is -0.638. The molecule has 0 saturated heterocycles. The maximum absolute atomic E-state index is 11.4. The highest BCUT2D eigenvalue weighted by molar-refractivity contribution is 5.70. The van der Waals surface area contributed by atoms with E-state index in [4.69, 9.17) is 9.84 Å².